The van der Waals surface area contributed by atoms with E-state index in [0.29, 0.717) is 0 Å². The first-order chi connectivity index (χ1) is 7.52. The molecular weight excluding hydrogens is 208 g/mol. The van der Waals surface area contributed by atoms with Crippen LogP contribution in [-0.4, -0.2) is 29.7 Å². The number of allylic oxidation sites excluding steroid dienone is 1. The van der Waals surface area contributed by atoms with Gasteiger partial charge in [-0.1, -0.05) is 12.1 Å². The lowest BCUT2D eigenvalue weighted by molar-refractivity contribution is -0.385. The maximum absolute atomic E-state index is 11.7. The highest BCUT2D eigenvalue weighted by atomic mass is 16.6. The van der Waals surface area contributed by atoms with E-state index < -0.39 is 4.92 Å². The van der Waals surface area contributed by atoms with Crippen LogP contribution in [0.15, 0.2) is 36.5 Å². The quantitative estimate of drug-likeness (QED) is 0.336. The first kappa shape index (κ1) is 11.9. The van der Waals surface area contributed by atoms with Gasteiger partial charge in [-0.2, -0.15) is 0 Å². The van der Waals surface area contributed by atoms with E-state index in [4.69, 9.17) is 0 Å². The van der Waals surface area contributed by atoms with Crippen molar-refractivity contribution in [2.75, 3.05) is 14.1 Å². The summed E-state index contributed by atoms with van der Waals surface area (Å²) in [4.78, 5) is 23.5. The van der Waals surface area contributed by atoms with Crippen molar-refractivity contribution in [1.82, 2.24) is 4.90 Å². The van der Waals surface area contributed by atoms with Gasteiger partial charge in [0.15, 0.2) is 5.78 Å². The van der Waals surface area contributed by atoms with Crippen molar-refractivity contribution in [2.45, 2.75) is 0 Å². The molecule has 0 unspecified atom stereocenters. The van der Waals surface area contributed by atoms with Crippen molar-refractivity contribution >= 4 is 11.5 Å². The second-order valence-corrected chi connectivity index (χ2v) is 3.42. The molecule has 5 nitrogen and oxygen atoms in total. The van der Waals surface area contributed by atoms with Crippen LogP contribution in [0.3, 0.4) is 0 Å². The number of para-hydroxylation sites is 1. The summed E-state index contributed by atoms with van der Waals surface area (Å²) in [6, 6.07) is 5.89. The SMILES string of the molecule is CN(C)/C=C/C(=O)c1ccccc1[N+](=O)[O-]. The van der Waals surface area contributed by atoms with E-state index in [0.717, 1.165) is 0 Å². The first-order valence-corrected chi connectivity index (χ1v) is 4.64. The van der Waals surface area contributed by atoms with E-state index in [1.54, 1.807) is 31.3 Å². The highest BCUT2D eigenvalue weighted by Gasteiger charge is 2.16. The van der Waals surface area contributed by atoms with Gasteiger partial charge in [0.05, 0.1) is 10.5 Å². The molecule has 1 rings (SSSR count). The monoisotopic (exact) mass is 220 g/mol. The molecule has 1 aromatic rings. The van der Waals surface area contributed by atoms with Crippen LogP contribution in [0.2, 0.25) is 0 Å². The lowest BCUT2D eigenvalue weighted by atomic mass is 10.1. The molecule has 5 heteroatoms. The fourth-order valence-electron chi connectivity index (χ4n) is 1.15. The maximum Gasteiger partial charge on any atom is 0.280 e. The highest BCUT2D eigenvalue weighted by molar-refractivity contribution is 6.07. The van der Waals surface area contributed by atoms with Crippen molar-refractivity contribution in [3.8, 4) is 0 Å². The Morgan fingerprint density at radius 3 is 2.56 bits per heavy atom. The molecule has 0 aliphatic carbocycles. The van der Waals surface area contributed by atoms with Crippen molar-refractivity contribution in [2.24, 2.45) is 0 Å². The molecule has 0 saturated heterocycles. The summed E-state index contributed by atoms with van der Waals surface area (Å²) >= 11 is 0. The van der Waals surface area contributed by atoms with Crippen molar-refractivity contribution in [1.29, 1.82) is 0 Å². The predicted octanol–water partition coefficient (Wildman–Crippen LogP) is 1.85. The van der Waals surface area contributed by atoms with Crippen LogP contribution in [0.1, 0.15) is 10.4 Å². The molecule has 16 heavy (non-hydrogen) atoms. The molecule has 0 aliphatic rings. The van der Waals surface area contributed by atoms with Crippen molar-refractivity contribution < 1.29 is 9.72 Å². The molecule has 0 heterocycles. The van der Waals surface area contributed by atoms with Gasteiger partial charge in [-0.25, -0.2) is 0 Å². The van der Waals surface area contributed by atoms with E-state index in [9.17, 15) is 14.9 Å². The molecular formula is C11H12N2O3. The molecule has 0 fully saturated rings. The van der Waals surface area contributed by atoms with E-state index in [-0.39, 0.29) is 17.0 Å². The Labute approximate surface area is 93.1 Å². The maximum atomic E-state index is 11.7. The largest absolute Gasteiger partial charge is 0.383 e. The van der Waals surface area contributed by atoms with Gasteiger partial charge >= 0.3 is 0 Å². The third-order valence-corrected chi connectivity index (χ3v) is 1.89. The lowest BCUT2D eigenvalue weighted by Crippen LogP contribution is -2.05. The average molecular weight is 220 g/mol. The molecule has 84 valence electrons. The van der Waals surface area contributed by atoms with E-state index in [1.165, 1.54) is 24.3 Å². The number of hydrogen-bond acceptors (Lipinski definition) is 4. The Morgan fingerprint density at radius 2 is 2.00 bits per heavy atom. The van der Waals surface area contributed by atoms with Crippen LogP contribution in [-0.2, 0) is 0 Å². The summed E-state index contributed by atoms with van der Waals surface area (Å²) in [6.45, 7) is 0. The molecule has 0 bridgehead atoms. The summed E-state index contributed by atoms with van der Waals surface area (Å²) in [5, 5.41) is 10.7. The van der Waals surface area contributed by atoms with E-state index in [2.05, 4.69) is 0 Å². The van der Waals surface area contributed by atoms with Crippen LogP contribution in [0.4, 0.5) is 5.69 Å². The van der Waals surface area contributed by atoms with Gasteiger partial charge in [0.25, 0.3) is 5.69 Å². The number of nitro benzene ring substituents is 1. The average Bonchev–Trinajstić information content (AvgIpc) is 2.25. The summed E-state index contributed by atoms with van der Waals surface area (Å²) in [5.74, 6) is -0.374. The standard InChI is InChI=1S/C11H12N2O3/c1-12(2)8-7-11(14)9-5-3-4-6-10(9)13(15)16/h3-8H,1-2H3/b8-7+. The third kappa shape index (κ3) is 2.91. The summed E-state index contributed by atoms with van der Waals surface area (Å²) in [5.41, 5.74) is -0.0680. The minimum Gasteiger partial charge on any atom is -0.383 e. The molecule has 1 aromatic carbocycles. The minimum atomic E-state index is -0.559. The molecule has 0 amide bonds. The topological polar surface area (TPSA) is 63.5 Å². The van der Waals surface area contributed by atoms with Crippen LogP contribution < -0.4 is 0 Å². The normalized spacial score (nSPS) is 10.4. The molecule has 0 N–H and O–H groups in total. The van der Waals surface area contributed by atoms with E-state index >= 15 is 0 Å². The van der Waals surface area contributed by atoms with Gasteiger partial charge in [0, 0.05) is 32.4 Å². The van der Waals surface area contributed by atoms with Gasteiger partial charge in [-0.3, -0.25) is 14.9 Å². The molecule has 0 saturated carbocycles. The van der Waals surface area contributed by atoms with Gasteiger partial charge in [-0.05, 0) is 6.07 Å². The van der Waals surface area contributed by atoms with E-state index in [1.807, 2.05) is 0 Å². The smallest absolute Gasteiger partial charge is 0.280 e. The summed E-state index contributed by atoms with van der Waals surface area (Å²) < 4.78 is 0. The Morgan fingerprint density at radius 1 is 1.38 bits per heavy atom. The number of carbonyl (C=O) groups excluding carboxylic acids is 1. The fraction of sp³-hybridized carbons (Fsp3) is 0.182. The number of benzene rings is 1. The fourth-order valence-corrected chi connectivity index (χ4v) is 1.15. The third-order valence-electron chi connectivity index (χ3n) is 1.89. The number of nitro groups is 1. The summed E-state index contributed by atoms with van der Waals surface area (Å²) in [6.07, 6.45) is 2.86. The lowest BCUT2D eigenvalue weighted by Gasteiger charge is -2.03. The summed E-state index contributed by atoms with van der Waals surface area (Å²) in [7, 11) is 3.53. The number of ketones is 1. The van der Waals surface area contributed by atoms with Gasteiger partial charge in [0.1, 0.15) is 0 Å². The second-order valence-electron chi connectivity index (χ2n) is 3.42. The van der Waals surface area contributed by atoms with Crippen LogP contribution >= 0.6 is 0 Å². The zero-order chi connectivity index (χ0) is 12.1. The van der Waals surface area contributed by atoms with Crippen molar-refractivity contribution in [3.63, 3.8) is 0 Å². The minimum absolute atomic E-state index is 0.102. The predicted molar refractivity (Wildman–Crippen MR) is 60.3 cm³/mol. The van der Waals surface area contributed by atoms with Crippen LogP contribution in [0, 0.1) is 10.1 Å². The van der Waals surface area contributed by atoms with Crippen LogP contribution in [0.25, 0.3) is 0 Å². The van der Waals surface area contributed by atoms with Crippen molar-refractivity contribution in [3.05, 3.63) is 52.2 Å². The highest BCUT2D eigenvalue weighted by Crippen LogP contribution is 2.18. The number of hydrogen-bond donors (Lipinski definition) is 0. The Balaban J connectivity index is 3.04. The number of nitrogens with zero attached hydrogens (tertiary/aromatic N) is 2. The number of rotatable bonds is 4. The Kier molecular flexibility index (Phi) is 3.77. The van der Waals surface area contributed by atoms with Gasteiger partial charge in [0.2, 0.25) is 0 Å². The molecule has 0 radical (unpaired) electrons. The van der Waals surface area contributed by atoms with Crippen LogP contribution in [0.5, 0.6) is 0 Å². The zero-order valence-corrected chi connectivity index (χ0v) is 9.08. The zero-order valence-electron chi connectivity index (χ0n) is 9.08. The Bertz CT molecular complexity index is 439. The van der Waals surface area contributed by atoms with Gasteiger partial charge in [-0.15, -0.1) is 0 Å². The molecule has 0 atom stereocenters. The molecule has 0 spiro atoms. The number of carbonyl (C=O) groups is 1. The first-order valence-electron chi connectivity index (χ1n) is 4.64. The molecule has 0 aliphatic heterocycles. The van der Waals surface area contributed by atoms with Gasteiger partial charge < -0.3 is 4.90 Å². The second kappa shape index (κ2) is 5.06. The molecule has 0 aromatic heterocycles. The Hall–Kier alpha value is -2.17.